The van der Waals surface area contributed by atoms with Crippen molar-refractivity contribution >= 4 is 0 Å². The minimum absolute atomic E-state index is 0.00773. The molecule has 1 fully saturated rings. The van der Waals surface area contributed by atoms with Crippen LogP contribution in [0.2, 0.25) is 0 Å². The Labute approximate surface area is 90.3 Å². The molecule has 3 nitrogen and oxygen atoms in total. The summed E-state index contributed by atoms with van der Waals surface area (Å²) in [5, 5.41) is 9.01. The molecule has 3 heteroatoms. The van der Waals surface area contributed by atoms with Gasteiger partial charge in [0.05, 0.1) is 13.2 Å². The molecule has 2 atom stereocenters. The van der Waals surface area contributed by atoms with Gasteiger partial charge >= 0.3 is 0 Å². The minimum Gasteiger partial charge on any atom is -0.395 e. The standard InChI is InChI=1S/C12H17NO2/c1-10-9-15-12(13(10)7-8-14)11-5-3-2-4-6-11/h2-6,10,12,14H,7-9H2,1H3. The molecule has 1 aliphatic heterocycles. The molecule has 2 rings (SSSR count). The first-order valence-corrected chi connectivity index (χ1v) is 5.36. The molecule has 1 saturated heterocycles. The second kappa shape index (κ2) is 4.75. The van der Waals surface area contributed by atoms with Gasteiger partial charge in [-0.3, -0.25) is 4.90 Å². The molecular weight excluding hydrogens is 190 g/mol. The smallest absolute Gasteiger partial charge is 0.137 e. The maximum absolute atomic E-state index is 9.01. The Morgan fingerprint density at radius 1 is 1.40 bits per heavy atom. The molecule has 0 aromatic heterocycles. The molecular formula is C12H17NO2. The van der Waals surface area contributed by atoms with E-state index in [4.69, 9.17) is 9.84 Å². The van der Waals surface area contributed by atoms with E-state index >= 15 is 0 Å². The molecule has 82 valence electrons. The summed E-state index contributed by atoms with van der Waals surface area (Å²) in [6.07, 6.45) is 0.00773. The van der Waals surface area contributed by atoms with Gasteiger partial charge in [0.25, 0.3) is 0 Å². The monoisotopic (exact) mass is 207 g/mol. The first-order valence-electron chi connectivity index (χ1n) is 5.36. The van der Waals surface area contributed by atoms with Gasteiger partial charge in [-0.2, -0.15) is 0 Å². The van der Waals surface area contributed by atoms with Gasteiger partial charge in [0.2, 0.25) is 0 Å². The highest BCUT2D eigenvalue weighted by atomic mass is 16.5. The third kappa shape index (κ3) is 2.20. The van der Waals surface area contributed by atoms with Gasteiger partial charge in [-0.1, -0.05) is 30.3 Å². The summed E-state index contributed by atoms with van der Waals surface area (Å²) in [4.78, 5) is 2.19. The number of hydrogen-bond acceptors (Lipinski definition) is 3. The van der Waals surface area contributed by atoms with Crippen LogP contribution in [0.15, 0.2) is 30.3 Å². The number of hydrogen-bond donors (Lipinski definition) is 1. The van der Waals surface area contributed by atoms with Crippen LogP contribution in [0.25, 0.3) is 0 Å². The Balaban J connectivity index is 2.15. The molecule has 1 aromatic rings. The molecule has 0 aliphatic carbocycles. The van der Waals surface area contributed by atoms with Gasteiger partial charge in [-0.25, -0.2) is 0 Å². The maximum Gasteiger partial charge on any atom is 0.137 e. The van der Waals surface area contributed by atoms with E-state index in [9.17, 15) is 0 Å². The van der Waals surface area contributed by atoms with Crippen LogP contribution in [-0.4, -0.2) is 35.8 Å². The predicted molar refractivity (Wildman–Crippen MR) is 58.4 cm³/mol. The van der Waals surface area contributed by atoms with Crippen molar-refractivity contribution in [3.63, 3.8) is 0 Å². The molecule has 1 N–H and O–H groups in total. The van der Waals surface area contributed by atoms with Crippen molar-refractivity contribution in [2.45, 2.75) is 19.2 Å². The summed E-state index contributed by atoms with van der Waals surface area (Å²) >= 11 is 0. The third-order valence-electron chi connectivity index (χ3n) is 2.81. The lowest BCUT2D eigenvalue weighted by Gasteiger charge is -2.25. The zero-order chi connectivity index (χ0) is 10.7. The van der Waals surface area contributed by atoms with Crippen molar-refractivity contribution in [3.05, 3.63) is 35.9 Å². The number of β-amino-alcohol motifs (C(OH)–C–C–N with tert-alkyl or cyclic N) is 1. The lowest BCUT2D eigenvalue weighted by atomic mass is 10.2. The molecule has 0 spiro atoms. The van der Waals surface area contributed by atoms with Crippen LogP contribution < -0.4 is 0 Å². The summed E-state index contributed by atoms with van der Waals surface area (Å²) in [5.41, 5.74) is 1.16. The van der Waals surface area contributed by atoms with E-state index in [0.29, 0.717) is 12.6 Å². The second-order valence-corrected chi connectivity index (χ2v) is 3.91. The molecule has 2 unspecified atom stereocenters. The van der Waals surface area contributed by atoms with Gasteiger partial charge in [-0.15, -0.1) is 0 Å². The van der Waals surface area contributed by atoms with Gasteiger partial charge in [0.1, 0.15) is 6.23 Å². The SMILES string of the molecule is CC1COC(c2ccccc2)N1CCO. The fourth-order valence-corrected chi connectivity index (χ4v) is 2.01. The van der Waals surface area contributed by atoms with Crippen LogP contribution in [0.3, 0.4) is 0 Å². The van der Waals surface area contributed by atoms with Crippen LogP contribution in [0, 0.1) is 0 Å². The Kier molecular flexibility index (Phi) is 3.36. The van der Waals surface area contributed by atoms with Crippen LogP contribution in [0.5, 0.6) is 0 Å². The zero-order valence-electron chi connectivity index (χ0n) is 8.97. The van der Waals surface area contributed by atoms with E-state index in [-0.39, 0.29) is 12.8 Å². The summed E-state index contributed by atoms with van der Waals surface area (Å²) in [6, 6.07) is 10.5. The number of ether oxygens (including phenoxy) is 1. The summed E-state index contributed by atoms with van der Waals surface area (Å²) in [5.74, 6) is 0. The number of aliphatic hydroxyl groups excluding tert-OH is 1. The van der Waals surface area contributed by atoms with Crippen LogP contribution >= 0.6 is 0 Å². The van der Waals surface area contributed by atoms with E-state index in [1.807, 2.05) is 18.2 Å². The van der Waals surface area contributed by atoms with Gasteiger partial charge in [0, 0.05) is 12.6 Å². The average molecular weight is 207 g/mol. The number of rotatable bonds is 3. The number of nitrogens with zero attached hydrogens (tertiary/aromatic N) is 1. The predicted octanol–water partition coefficient (Wildman–Crippen LogP) is 1.40. The van der Waals surface area contributed by atoms with E-state index in [0.717, 1.165) is 12.2 Å². The van der Waals surface area contributed by atoms with Crippen molar-refractivity contribution in [2.75, 3.05) is 19.8 Å². The van der Waals surface area contributed by atoms with E-state index < -0.39 is 0 Å². The Hall–Kier alpha value is -0.900. The Morgan fingerprint density at radius 2 is 2.13 bits per heavy atom. The lowest BCUT2D eigenvalue weighted by Crippen LogP contribution is -2.33. The van der Waals surface area contributed by atoms with Crippen molar-refractivity contribution in [1.29, 1.82) is 0 Å². The highest BCUT2D eigenvalue weighted by molar-refractivity contribution is 5.18. The van der Waals surface area contributed by atoms with Crippen LogP contribution in [0.1, 0.15) is 18.7 Å². The van der Waals surface area contributed by atoms with E-state index in [1.54, 1.807) is 0 Å². The fraction of sp³-hybridized carbons (Fsp3) is 0.500. The summed E-state index contributed by atoms with van der Waals surface area (Å²) < 4.78 is 5.73. The zero-order valence-corrected chi connectivity index (χ0v) is 8.97. The summed E-state index contributed by atoms with van der Waals surface area (Å²) in [6.45, 7) is 3.70. The maximum atomic E-state index is 9.01. The first kappa shape index (κ1) is 10.6. The lowest BCUT2D eigenvalue weighted by molar-refractivity contribution is 0.0217. The normalized spacial score (nSPS) is 27.1. The summed E-state index contributed by atoms with van der Waals surface area (Å²) in [7, 11) is 0. The second-order valence-electron chi connectivity index (χ2n) is 3.91. The van der Waals surface area contributed by atoms with E-state index in [2.05, 4.69) is 24.0 Å². The van der Waals surface area contributed by atoms with Crippen molar-refractivity contribution < 1.29 is 9.84 Å². The molecule has 1 heterocycles. The van der Waals surface area contributed by atoms with Crippen molar-refractivity contribution in [3.8, 4) is 0 Å². The molecule has 0 radical (unpaired) electrons. The van der Waals surface area contributed by atoms with Gasteiger partial charge in [-0.05, 0) is 12.5 Å². The Morgan fingerprint density at radius 3 is 2.80 bits per heavy atom. The highest BCUT2D eigenvalue weighted by Crippen LogP contribution is 2.29. The highest BCUT2D eigenvalue weighted by Gasteiger charge is 2.31. The minimum atomic E-state index is 0.00773. The molecule has 1 aliphatic rings. The van der Waals surface area contributed by atoms with Crippen LogP contribution in [-0.2, 0) is 4.74 Å². The Bertz CT molecular complexity index is 302. The average Bonchev–Trinajstić information content (AvgIpc) is 2.63. The quantitative estimate of drug-likeness (QED) is 0.813. The third-order valence-corrected chi connectivity index (χ3v) is 2.81. The molecule has 0 bridgehead atoms. The van der Waals surface area contributed by atoms with E-state index in [1.165, 1.54) is 0 Å². The first-order chi connectivity index (χ1) is 7.33. The number of aliphatic hydroxyl groups is 1. The van der Waals surface area contributed by atoms with Crippen molar-refractivity contribution in [1.82, 2.24) is 4.90 Å². The largest absolute Gasteiger partial charge is 0.395 e. The molecule has 1 aromatic carbocycles. The number of benzene rings is 1. The van der Waals surface area contributed by atoms with Crippen LogP contribution in [0.4, 0.5) is 0 Å². The molecule has 0 amide bonds. The van der Waals surface area contributed by atoms with Gasteiger partial charge < -0.3 is 9.84 Å². The topological polar surface area (TPSA) is 32.7 Å². The molecule has 0 saturated carbocycles. The molecule has 15 heavy (non-hydrogen) atoms. The fourth-order valence-electron chi connectivity index (χ4n) is 2.01. The van der Waals surface area contributed by atoms with Crippen molar-refractivity contribution in [2.24, 2.45) is 0 Å². The van der Waals surface area contributed by atoms with Gasteiger partial charge in [0.15, 0.2) is 0 Å².